The standard InChI is InChI=1S/C28H26N6O3/c1-29-25-21-26(34(15-31-21)22-19-14-28(19,27(37)30-2)24(36)23(22)35)33-20(32-25)13-10-16-8-11-18(12-9-16)17-6-4-3-5-7-17/h3-9,11-12,15,19,22-24,35-36H,14H2,1-2H3,(H,30,37)(H,29,32,33)/t19-,22-,23+,24+,28+/m1/s1. The number of carbonyl (C=O) groups excluding carboxylic acids is 1. The maximum absolute atomic E-state index is 12.5. The molecule has 0 spiro atoms. The molecule has 4 aromatic rings. The maximum atomic E-state index is 12.5. The number of nitrogens with one attached hydrogen (secondary N) is 2. The number of anilines is 1. The Hall–Kier alpha value is -4.26. The van der Waals surface area contributed by atoms with Crippen LogP contribution < -0.4 is 10.6 Å². The van der Waals surface area contributed by atoms with E-state index >= 15 is 0 Å². The first kappa shape index (κ1) is 23.2. The number of benzene rings is 2. The number of fused-ring (bicyclic) bond motifs is 2. The number of aliphatic hydroxyl groups is 2. The van der Waals surface area contributed by atoms with E-state index in [4.69, 9.17) is 0 Å². The molecule has 0 radical (unpaired) electrons. The molecule has 2 aromatic heterocycles. The van der Waals surface area contributed by atoms with E-state index in [1.807, 2.05) is 42.5 Å². The van der Waals surface area contributed by atoms with Gasteiger partial charge in [-0.3, -0.25) is 4.79 Å². The van der Waals surface area contributed by atoms with Gasteiger partial charge in [-0.15, -0.1) is 0 Å². The van der Waals surface area contributed by atoms with Crippen LogP contribution in [0.3, 0.4) is 0 Å². The van der Waals surface area contributed by atoms with Crippen LogP contribution in [-0.4, -0.2) is 61.9 Å². The van der Waals surface area contributed by atoms with Crippen molar-refractivity contribution >= 4 is 22.9 Å². The summed E-state index contributed by atoms with van der Waals surface area (Å²) in [6.45, 7) is 0. The third-order valence-electron chi connectivity index (χ3n) is 7.61. The van der Waals surface area contributed by atoms with Crippen molar-refractivity contribution in [3.8, 4) is 23.0 Å². The van der Waals surface area contributed by atoms with Crippen LogP contribution in [0.15, 0.2) is 60.9 Å². The molecule has 5 atom stereocenters. The molecule has 9 heteroatoms. The summed E-state index contributed by atoms with van der Waals surface area (Å²) in [7, 11) is 3.28. The molecule has 2 saturated carbocycles. The monoisotopic (exact) mass is 494 g/mol. The fourth-order valence-corrected chi connectivity index (χ4v) is 5.66. The van der Waals surface area contributed by atoms with Crippen molar-refractivity contribution in [3.63, 3.8) is 0 Å². The number of rotatable bonds is 4. The van der Waals surface area contributed by atoms with E-state index < -0.39 is 23.7 Å². The van der Waals surface area contributed by atoms with Crippen molar-refractivity contribution in [2.24, 2.45) is 11.3 Å². The Bertz CT molecular complexity index is 1560. The number of carbonyl (C=O) groups is 1. The van der Waals surface area contributed by atoms with Gasteiger partial charge in [0.25, 0.3) is 0 Å². The van der Waals surface area contributed by atoms with Gasteiger partial charge in [0.05, 0.1) is 23.9 Å². The predicted octanol–water partition coefficient (Wildman–Crippen LogP) is 1.96. The largest absolute Gasteiger partial charge is 0.389 e. The van der Waals surface area contributed by atoms with Gasteiger partial charge in [-0.1, -0.05) is 48.4 Å². The average Bonchev–Trinajstić information content (AvgIpc) is 3.48. The molecule has 6 rings (SSSR count). The van der Waals surface area contributed by atoms with Gasteiger partial charge in [-0.25, -0.2) is 15.0 Å². The molecule has 2 aromatic carbocycles. The van der Waals surface area contributed by atoms with Gasteiger partial charge in [0.1, 0.15) is 6.10 Å². The Balaban J connectivity index is 1.34. The predicted molar refractivity (Wildman–Crippen MR) is 138 cm³/mol. The summed E-state index contributed by atoms with van der Waals surface area (Å²) < 4.78 is 1.74. The molecular weight excluding hydrogens is 468 g/mol. The number of imidazole rings is 1. The second-order valence-electron chi connectivity index (χ2n) is 9.52. The number of nitrogens with zero attached hydrogens (tertiary/aromatic N) is 4. The molecule has 4 N–H and O–H groups in total. The van der Waals surface area contributed by atoms with Crippen molar-refractivity contribution in [2.75, 3.05) is 19.4 Å². The molecule has 0 saturated heterocycles. The molecule has 1 amide bonds. The van der Waals surface area contributed by atoms with Crippen LogP contribution in [0, 0.1) is 23.2 Å². The quantitative estimate of drug-likeness (QED) is 0.320. The van der Waals surface area contributed by atoms with Crippen LogP contribution in [-0.2, 0) is 4.79 Å². The SMILES string of the molecule is CNC(=O)[C@@]12C[C@@H]1[C@@H](n1cnc3c(NC)nc(C#Cc4ccc(-c5ccccc5)cc4)nc31)[C@H](O)[C@@H]2O. The van der Waals surface area contributed by atoms with Crippen LogP contribution in [0.5, 0.6) is 0 Å². The molecule has 186 valence electrons. The van der Waals surface area contributed by atoms with E-state index in [9.17, 15) is 15.0 Å². The molecular formula is C28H26N6O3. The highest BCUT2D eigenvalue weighted by Gasteiger charge is 2.75. The van der Waals surface area contributed by atoms with Crippen LogP contribution >= 0.6 is 0 Å². The number of aromatic nitrogens is 4. The maximum Gasteiger partial charge on any atom is 0.229 e. The van der Waals surface area contributed by atoms with Gasteiger partial charge >= 0.3 is 0 Å². The summed E-state index contributed by atoms with van der Waals surface area (Å²) in [6.07, 6.45) is -0.216. The van der Waals surface area contributed by atoms with E-state index in [0.29, 0.717) is 29.2 Å². The van der Waals surface area contributed by atoms with Crippen LogP contribution in [0.25, 0.3) is 22.3 Å². The Morgan fingerprint density at radius 2 is 1.76 bits per heavy atom. The Morgan fingerprint density at radius 3 is 2.46 bits per heavy atom. The first-order chi connectivity index (χ1) is 18.0. The molecule has 2 aliphatic carbocycles. The average molecular weight is 495 g/mol. The lowest BCUT2D eigenvalue weighted by atomic mass is 9.98. The normalized spacial score (nSPS) is 25.7. The zero-order valence-corrected chi connectivity index (χ0v) is 20.4. The fraction of sp³-hybridized carbons (Fsp3) is 0.286. The van der Waals surface area contributed by atoms with E-state index in [-0.39, 0.29) is 11.8 Å². The number of aliphatic hydroxyl groups excluding tert-OH is 2. The summed E-state index contributed by atoms with van der Waals surface area (Å²) in [6, 6.07) is 17.6. The van der Waals surface area contributed by atoms with Crippen molar-refractivity contribution in [2.45, 2.75) is 24.7 Å². The summed E-state index contributed by atoms with van der Waals surface area (Å²) >= 11 is 0. The van der Waals surface area contributed by atoms with E-state index in [1.54, 1.807) is 17.9 Å². The highest BCUT2D eigenvalue weighted by Crippen LogP contribution is 2.67. The Kier molecular flexibility index (Phi) is 5.44. The van der Waals surface area contributed by atoms with Crippen molar-refractivity contribution in [1.82, 2.24) is 24.8 Å². The number of amides is 1. The lowest BCUT2D eigenvalue weighted by molar-refractivity contribution is -0.132. The highest BCUT2D eigenvalue weighted by molar-refractivity contribution is 5.88. The topological polar surface area (TPSA) is 125 Å². The summed E-state index contributed by atoms with van der Waals surface area (Å²) in [5.74, 6) is 6.49. The van der Waals surface area contributed by atoms with Gasteiger partial charge in [0.15, 0.2) is 17.0 Å². The highest BCUT2D eigenvalue weighted by atomic mass is 16.3. The lowest BCUT2D eigenvalue weighted by Crippen LogP contribution is -2.41. The first-order valence-corrected chi connectivity index (χ1v) is 12.2. The van der Waals surface area contributed by atoms with E-state index in [2.05, 4.69) is 49.6 Å². The summed E-state index contributed by atoms with van der Waals surface area (Å²) in [5.41, 5.74) is 3.10. The molecule has 2 heterocycles. The van der Waals surface area contributed by atoms with Gasteiger partial charge < -0.3 is 25.4 Å². The first-order valence-electron chi connectivity index (χ1n) is 12.2. The van der Waals surface area contributed by atoms with E-state index in [1.165, 1.54) is 7.05 Å². The van der Waals surface area contributed by atoms with Crippen molar-refractivity contribution in [3.05, 3.63) is 72.3 Å². The van der Waals surface area contributed by atoms with Crippen LogP contribution in [0.4, 0.5) is 5.82 Å². The lowest BCUT2D eigenvalue weighted by Gasteiger charge is -2.23. The molecule has 2 fully saturated rings. The molecule has 0 bridgehead atoms. The van der Waals surface area contributed by atoms with Crippen LogP contribution in [0.1, 0.15) is 23.9 Å². The van der Waals surface area contributed by atoms with Crippen molar-refractivity contribution in [1.29, 1.82) is 0 Å². The minimum Gasteiger partial charge on any atom is -0.389 e. The second kappa shape index (κ2) is 8.69. The molecule has 9 nitrogen and oxygen atoms in total. The van der Waals surface area contributed by atoms with Gasteiger partial charge in [0, 0.05) is 25.6 Å². The number of hydrogen-bond donors (Lipinski definition) is 4. The smallest absolute Gasteiger partial charge is 0.229 e. The van der Waals surface area contributed by atoms with Crippen LogP contribution in [0.2, 0.25) is 0 Å². The molecule has 0 unspecified atom stereocenters. The third-order valence-corrected chi connectivity index (χ3v) is 7.61. The zero-order valence-electron chi connectivity index (χ0n) is 20.4. The van der Waals surface area contributed by atoms with Gasteiger partial charge in [-0.2, -0.15) is 0 Å². The van der Waals surface area contributed by atoms with E-state index in [0.717, 1.165) is 16.7 Å². The number of hydrogen-bond acceptors (Lipinski definition) is 7. The zero-order chi connectivity index (χ0) is 25.7. The van der Waals surface area contributed by atoms with Gasteiger partial charge in [-0.05, 0) is 35.6 Å². The molecule has 0 aliphatic heterocycles. The molecule has 2 aliphatic rings. The minimum atomic E-state index is -1.16. The summed E-state index contributed by atoms with van der Waals surface area (Å²) in [5, 5.41) is 27.3. The summed E-state index contributed by atoms with van der Waals surface area (Å²) in [4.78, 5) is 26.2. The van der Waals surface area contributed by atoms with Crippen molar-refractivity contribution < 1.29 is 15.0 Å². The second-order valence-corrected chi connectivity index (χ2v) is 9.52. The minimum absolute atomic E-state index is 0.222. The van der Waals surface area contributed by atoms with Gasteiger partial charge in [0.2, 0.25) is 11.7 Å². The fourth-order valence-electron chi connectivity index (χ4n) is 5.66. The molecule has 37 heavy (non-hydrogen) atoms. The Labute approximate surface area is 213 Å². The third kappa shape index (κ3) is 3.56. The Morgan fingerprint density at radius 1 is 1.03 bits per heavy atom.